The summed E-state index contributed by atoms with van der Waals surface area (Å²) in [5.41, 5.74) is 3.29. The number of aryl methyl sites for hydroxylation is 2. The zero-order valence-electron chi connectivity index (χ0n) is 10.1. The first-order valence-corrected chi connectivity index (χ1v) is 6.73. The standard InChI is InChI=1S/C13H15ClN2S/c1-8-4-5-10(6-11(8)14)13(15-3)12-7-17-9(2)16-12/h4-7,13,15H,1-3H3. The van der Waals surface area contributed by atoms with Gasteiger partial charge in [0.05, 0.1) is 16.7 Å². The highest BCUT2D eigenvalue weighted by molar-refractivity contribution is 7.09. The summed E-state index contributed by atoms with van der Waals surface area (Å²) in [6.45, 7) is 4.02. The van der Waals surface area contributed by atoms with E-state index in [1.54, 1.807) is 11.3 Å². The number of nitrogens with one attached hydrogen (secondary N) is 1. The van der Waals surface area contributed by atoms with E-state index in [4.69, 9.17) is 11.6 Å². The summed E-state index contributed by atoms with van der Waals surface area (Å²) in [5.74, 6) is 0. The molecule has 1 heterocycles. The van der Waals surface area contributed by atoms with Crippen molar-refractivity contribution in [3.05, 3.63) is 50.4 Å². The van der Waals surface area contributed by atoms with Gasteiger partial charge < -0.3 is 5.32 Å². The quantitative estimate of drug-likeness (QED) is 0.916. The van der Waals surface area contributed by atoms with Gasteiger partial charge in [-0.1, -0.05) is 23.7 Å². The zero-order chi connectivity index (χ0) is 12.4. The Kier molecular flexibility index (Phi) is 3.82. The molecule has 0 saturated heterocycles. The number of hydrogen-bond donors (Lipinski definition) is 1. The van der Waals surface area contributed by atoms with Gasteiger partial charge in [0.2, 0.25) is 0 Å². The molecule has 2 rings (SSSR count). The van der Waals surface area contributed by atoms with Gasteiger partial charge in [-0.15, -0.1) is 11.3 Å². The molecule has 1 aromatic carbocycles. The number of thiazole rings is 1. The van der Waals surface area contributed by atoms with Crippen LogP contribution in [0.15, 0.2) is 23.6 Å². The Labute approximate surface area is 111 Å². The molecule has 1 N–H and O–H groups in total. The molecule has 1 atom stereocenters. The number of rotatable bonds is 3. The number of hydrogen-bond acceptors (Lipinski definition) is 3. The van der Waals surface area contributed by atoms with Crippen molar-refractivity contribution in [3.63, 3.8) is 0 Å². The summed E-state index contributed by atoms with van der Waals surface area (Å²) in [4.78, 5) is 4.52. The van der Waals surface area contributed by atoms with Gasteiger partial charge in [-0.2, -0.15) is 0 Å². The number of benzene rings is 1. The number of aromatic nitrogens is 1. The highest BCUT2D eigenvalue weighted by atomic mass is 35.5. The van der Waals surface area contributed by atoms with E-state index in [2.05, 4.69) is 21.7 Å². The Balaban J connectivity index is 2.38. The average Bonchev–Trinajstić information content (AvgIpc) is 2.71. The van der Waals surface area contributed by atoms with E-state index in [0.29, 0.717) is 0 Å². The second kappa shape index (κ2) is 5.17. The summed E-state index contributed by atoms with van der Waals surface area (Å²) in [5, 5.41) is 7.25. The van der Waals surface area contributed by atoms with Gasteiger partial charge in [0.25, 0.3) is 0 Å². The van der Waals surface area contributed by atoms with Crippen LogP contribution in [0.1, 0.15) is 27.9 Å². The molecule has 0 radical (unpaired) electrons. The summed E-state index contributed by atoms with van der Waals surface area (Å²) in [6.07, 6.45) is 0. The fourth-order valence-corrected chi connectivity index (χ4v) is 2.61. The van der Waals surface area contributed by atoms with Crippen LogP contribution in [0.2, 0.25) is 5.02 Å². The summed E-state index contributed by atoms with van der Waals surface area (Å²) < 4.78 is 0. The van der Waals surface area contributed by atoms with Gasteiger partial charge >= 0.3 is 0 Å². The lowest BCUT2D eigenvalue weighted by Crippen LogP contribution is -2.18. The SMILES string of the molecule is CNC(c1ccc(C)c(Cl)c1)c1csc(C)n1. The van der Waals surface area contributed by atoms with Gasteiger partial charge in [0, 0.05) is 10.4 Å². The van der Waals surface area contributed by atoms with Crippen molar-refractivity contribution in [2.75, 3.05) is 7.05 Å². The van der Waals surface area contributed by atoms with Crippen molar-refractivity contribution < 1.29 is 0 Å². The Hall–Kier alpha value is -0.900. The van der Waals surface area contributed by atoms with Crippen LogP contribution in [0, 0.1) is 13.8 Å². The molecule has 17 heavy (non-hydrogen) atoms. The fraction of sp³-hybridized carbons (Fsp3) is 0.308. The van der Waals surface area contributed by atoms with E-state index in [1.807, 2.05) is 33.0 Å². The topological polar surface area (TPSA) is 24.9 Å². The Morgan fingerprint density at radius 3 is 2.65 bits per heavy atom. The first kappa shape index (κ1) is 12.6. The van der Waals surface area contributed by atoms with Gasteiger partial charge in [0.15, 0.2) is 0 Å². The predicted molar refractivity (Wildman–Crippen MR) is 73.9 cm³/mol. The summed E-state index contributed by atoms with van der Waals surface area (Å²) in [6, 6.07) is 6.25. The van der Waals surface area contributed by atoms with Crippen LogP contribution in [-0.4, -0.2) is 12.0 Å². The maximum Gasteiger partial charge on any atom is 0.0898 e. The van der Waals surface area contributed by atoms with Crippen molar-refractivity contribution in [2.45, 2.75) is 19.9 Å². The Bertz CT molecular complexity index is 522. The van der Waals surface area contributed by atoms with Crippen LogP contribution in [-0.2, 0) is 0 Å². The van der Waals surface area contributed by atoms with E-state index in [9.17, 15) is 0 Å². The third kappa shape index (κ3) is 2.68. The molecular weight excluding hydrogens is 252 g/mol. The molecule has 0 bridgehead atoms. The maximum absolute atomic E-state index is 6.16. The van der Waals surface area contributed by atoms with Crippen LogP contribution in [0.25, 0.3) is 0 Å². The molecule has 2 nitrogen and oxygen atoms in total. The van der Waals surface area contributed by atoms with Crippen LogP contribution < -0.4 is 5.32 Å². The molecule has 0 fully saturated rings. The van der Waals surface area contributed by atoms with Gasteiger partial charge in [0.1, 0.15) is 0 Å². The lowest BCUT2D eigenvalue weighted by Gasteiger charge is -2.15. The van der Waals surface area contributed by atoms with E-state index < -0.39 is 0 Å². The van der Waals surface area contributed by atoms with Crippen molar-refractivity contribution in [1.82, 2.24) is 10.3 Å². The Morgan fingerprint density at radius 1 is 1.35 bits per heavy atom. The molecule has 4 heteroatoms. The molecule has 2 aromatic rings. The van der Waals surface area contributed by atoms with Crippen molar-refractivity contribution in [2.24, 2.45) is 0 Å². The van der Waals surface area contributed by atoms with E-state index >= 15 is 0 Å². The minimum absolute atomic E-state index is 0.109. The van der Waals surface area contributed by atoms with Gasteiger partial charge in [-0.05, 0) is 38.1 Å². The average molecular weight is 267 g/mol. The van der Waals surface area contributed by atoms with Crippen LogP contribution in [0.5, 0.6) is 0 Å². The van der Waals surface area contributed by atoms with Crippen molar-refractivity contribution in [1.29, 1.82) is 0 Å². The zero-order valence-corrected chi connectivity index (χ0v) is 11.7. The summed E-state index contributed by atoms with van der Waals surface area (Å²) in [7, 11) is 1.94. The second-order valence-corrected chi connectivity index (χ2v) is 5.49. The Morgan fingerprint density at radius 2 is 2.12 bits per heavy atom. The lowest BCUT2D eigenvalue weighted by atomic mass is 10.0. The fourth-order valence-electron chi connectivity index (χ4n) is 1.79. The highest BCUT2D eigenvalue weighted by Gasteiger charge is 2.15. The van der Waals surface area contributed by atoms with E-state index in [-0.39, 0.29) is 6.04 Å². The number of nitrogens with zero attached hydrogens (tertiary/aromatic N) is 1. The molecule has 90 valence electrons. The molecule has 0 aliphatic rings. The predicted octanol–water partition coefficient (Wildman–Crippen LogP) is 3.72. The van der Waals surface area contributed by atoms with Gasteiger partial charge in [-0.3, -0.25) is 0 Å². The minimum Gasteiger partial charge on any atom is -0.308 e. The first-order chi connectivity index (χ1) is 8.11. The first-order valence-electron chi connectivity index (χ1n) is 5.47. The van der Waals surface area contributed by atoms with Gasteiger partial charge in [-0.25, -0.2) is 4.98 Å². The van der Waals surface area contributed by atoms with E-state index in [1.165, 1.54) is 0 Å². The maximum atomic E-state index is 6.16. The summed E-state index contributed by atoms with van der Waals surface area (Å²) >= 11 is 7.83. The van der Waals surface area contributed by atoms with Crippen LogP contribution in [0.4, 0.5) is 0 Å². The molecule has 0 amide bonds. The van der Waals surface area contributed by atoms with Crippen LogP contribution >= 0.6 is 22.9 Å². The smallest absolute Gasteiger partial charge is 0.0898 e. The normalized spacial score (nSPS) is 12.7. The third-order valence-electron chi connectivity index (χ3n) is 2.75. The monoisotopic (exact) mass is 266 g/mol. The molecule has 0 aliphatic carbocycles. The van der Waals surface area contributed by atoms with Crippen LogP contribution in [0.3, 0.4) is 0 Å². The largest absolute Gasteiger partial charge is 0.308 e. The third-order valence-corrected chi connectivity index (χ3v) is 3.95. The van der Waals surface area contributed by atoms with Crippen molar-refractivity contribution >= 4 is 22.9 Å². The molecule has 0 spiro atoms. The molecule has 1 aromatic heterocycles. The second-order valence-electron chi connectivity index (χ2n) is 4.02. The minimum atomic E-state index is 0.109. The lowest BCUT2D eigenvalue weighted by molar-refractivity contribution is 0.674. The molecule has 0 saturated carbocycles. The van der Waals surface area contributed by atoms with Crippen molar-refractivity contribution in [3.8, 4) is 0 Å². The molecule has 1 unspecified atom stereocenters. The molecule has 0 aliphatic heterocycles. The highest BCUT2D eigenvalue weighted by Crippen LogP contribution is 2.26. The molecular formula is C13H15ClN2S. The van der Waals surface area contributed by atoms with E-state index in [0.717, 1.165) is 26.9 Å². The number of halogens is 1.